The van der Waals surface area contributed by atoms with E-state index in [-0.39, 0.29) is 11.4 Å². The van der Waals surface area contributed by atoms with E-state index in [1.807, 2.05) is 67.4 Å². The first-order chi connectivity index (χ1) is 19.3. The molecular weight excluding hydrogens is 530 g/mol. The Balaban J connectivity index is 1.48. The Bertz CT molecular complexity index is 1820. The number of aromatic nitrogens is 2. The number of hydrogen-bond donors (Lipinski definition) is 2. The van der Waals surface area contributed by atoms with Gasteiger partial charge in [-0.3, -0.25) is 0 Å². The second-order valence-corrected chi connectivity index (χ2v) is 10.7. The minimum Gasteiger partial charge on any atom is -0.445 e. The van der Waals surface area contributed by atoms with E-state index in [1.54, 1.807) is 29.5 Å². The standard InChI is InChI=1S/C28H25N7O4S/c1-18-19(2)32-39-28(18)35-26(20-8-4-3-5-9-20)31-33-34(35)17-22-16-21(27-30-14-15-38-27)12-13-23(22)24-10-6-7-11-25(24)40(29,36)37/h3-16,33H,17H2,1-2H3,(H2,29,36,37). The summed E-state index contributed by atoms with van der Waals surface area (Å²) in [6.07, 6.45) is 3.07. The van der Waals surface area contributed by atoms with Crippen molar-refractivity contribution < 1.29 is 17.4 Å². The van der Waals surface area contributed by atoms with Gasteiger partial charge in [0.1, 0.15) is 6.26 Å². The molecule has 0 saturated carbocycles. The van der Waals surface area contributed by atoms with Crippen molar-refractivity contribution >= 4 is 21.7 Å². The van der Waals surface area contributed by atoms with E-state index in [2.05, 4.69) is 20.8 Å². The van der Waals surface area contributed by atoms with Crippen LogP contribution in [0.1, 0.15) is 22.4 Å². The van der Waals surface area contributed by atoms with Crippen molar-refractivity contribution in [1.29, 1.82) is 0 Å². The van der Waals surface area contributed by atoms with Crippen LogP contribution in [0.15, 0.2) is 104 Å². The molecular formula is C28H25N7O4S. The predicted octanol–water partition coefficient (Wildman–Crippen LogP) is 4.36. The van der Waals surface area contributed by atoms with Crippen molar-refractivity contribution in [3.05, 3.63) is 108 Å². The van der Waals surface area contributed by atoms with Crippen LogP contribution in [0.3, 0.4) is 0 Å². The van der Waals surface area contributed by atoms with E-state index in [0.717, 1.165) is 27.9 Å². The Morgan fingerprint density at radius 3 is 2.42 bits per heavy atom. The number of nitrogens with two attached hydrogens (primary N) is 1. The van der Waals surface area contributed by atoms with Crippen LogP contribution in [0, 0.1) is 13.8 Å². The summed E-state index contributed by atoms with van der Waals surface area (Å²) < 4.78 is 36.3. The van der Waals surface area contributed by atoms with Crippen LogP contribution < -0.4 is 15.7 Å². The summed E-state index contributed by atoms with van der Waals surface area (Å²) in [5.41, 5.74) is 8.17. The Kier molecular flexibility index (Phi) is 6.42. The molecule has 12 heteroatoms. The Morgan fingerprint density at radius 2 is 1.73 bits per heavy atom. The molecule has 0 bridgehead atoms. The lowest BCUT2D eigenvalue weighted by Gasteiger charge is -2.28. The second kappa shape index (κ2) is 10.1. The number of hydrazine groups is 2. The number of aryl methyl sites for hydroxylation is 1. The van der Waals surface area contributed by atoms with E-state index in [1.165, 1.54) is 12.3 Å². The summed E-state index contributed by atoms with van der Waals surface area (Å²) in [6, 6.07) is 21.9. The molecule has 0 unspecified atom stereocenters. The highest BCUT2D eigenvalue weighted by Gasteiger charge is 2.34. The smallest absolute Gasteiger partial charge is 0.252 e. The maximum atomic E-state index is 12.5. The highest BCUT2D eigenvalue weighted by atomic mass is 32.2. The molecule has 0 atom stereocenters. The molecule has 40 heavy (non-hydrogen) atoms. The van der Waals surface area contributed by atoms with Crippen LogP contribution in [0.4, 0.5) is 5.88 Å². The highest BCUT2D eigenvalue weighted by Crippen LogP contribution is 2.35. The van der Waals surface area contributed by atoms with Gasteiger partial charge in [-0.15, -0.1) is 10.2 Å². The topological polar surface area (TPSA) is 143 Å². The summed E-state index contributed by atoms with van der Waals surface area (Å²) in [5, 5.41) is 17.9. The predicted molar refractivity (Wildman–Crippen MR) is 149 cm³/mol. The van der Waals surface area contributed by atoms with Gasteiger partial charge in [0.05, 0.1) is 23.3 Å². The lowest BCUT2D eigenvalue weighted by molar-refractivity contribution is 0.199. The molecule has 3 N–H and O–H groups in total. The summed E-state index contributed by atoms with van der Waals surface area (Å²) in [6.45, 7) is 4.04. The monoisotopic (exact) mass is 555 g/mol. The molecule has 0 aliphatic carbocycles. The van der Waals surface area contributed by atoms with Gasteiger partial charge in [0.2, 0.25) is 15.9 Å². The van der Waals surface area contributed by atoms with Crippen LogP contribution in [0.5, 0.6) is 0 Å². The van der Waals surface area contributed by atoms with E-state index in [0.29, 0.717) is 28.7 Å². The average Bonchev–Trinajstić information content (AvgIpc) is 3.70. The lowest BCUT2D eigenvalue weighted by Crippen LogP contribution is -2.45. The van der Waals surface area contributed by atoms with Gasteiger partial charge in [-0.25, -0.2) is 29.1 Å². The molecule has 1 aliphatic heterocycles. The van der Waals surface area contributed by atoms with Crippen LogP contribution in [-0.4, -0.2) is 29.5 Å². The third-order valence-corrected chi connectivity index (χ3v) is 7.63. The van der Waals surface area contributed by atoms with Gasteiger partial charge >= 0.3 is 0 Å². The molecule has 0 radical (unpaired) electrons. The summed E-state index contributed by atoms with van der Waals surface area (Å²) in [5.74, 6) is 1.54. The first-order valence-electron chi connectivity index (χ1n) is 12.4. The van der Waals surface area contributed by atoms with Crippen LogP contribution in [-0.2, 0) is 16.6 Å². The van der Waals surface area contributed by atoms with Crippen molar-refractivity contribution in [2.24, 2.45) is 10.2 Å². The van der Waals surface area contributed by atoms with Gasteiger partial charge in [-0.2, -0.15) is 0 Å². The first kappa shape index (κ1) is 25.5. The minimum atomic E-state index is -4.00. The van der Waals surface area contributed by atoms with E-state index < -0.39 is 10.0 Å². The fourth-order valence-corrected chi connectivity index (χ4v) is 5.34. The van der Waals surface area contributed by atoms with Crippen molar-refractivity contribution in [1.82, 2.24) is 20.8 Å². The summed E-state index contributed by atoms with van der Waals surface area (Å²) >= 11 is 0. The van der Waals surface area contributed by atoms with Crippen LogP contribution in [0.2, 0.25) is 0 Å². The second-order valence-electron chi connectivity index (χ2n) is 9.22. The van der Waals surface area contributed by atoms with E-state index in [9.17, 15) is 8.42 Å². The Morgan fingerprint density at radius 1 is 0.950 bits per heavy atom. The zero-order valence-corrected chi connectivity index (χ0v) is 22.5. The number of benzene rings is 3. The third kappa shape index (κ3) is 4.64. The minimum absolute atomic E-state index is 0.0225. The molecule has 5 aromatic rings. The number of anilines is 1. The van der Waals surface area contributed by atoms with Crippen molar-refractivity contribution in [3.63, 3.8) is 0 Å². The maximum absolute atomic E-state index is 12.5. The molecule has 6 rings (SSSR count). The number of nitrogens with zero attached hydrogens (tertiary/aromatic N) is 5. The normalized spacial score (nSPS) is 13.9. The molecule has 0 fully saturated rings. The zero-order chi connectivity index (χ0) is 27.9. The number of hydrogen-bond acceptors (Lipinski definition) is 10. The van der Waals surface area contributed by atoms with Gasteiger partial charge < -0.3 is 8.94 Å². The van der Waals surface area contributed by atoms with Gasteiger partial charge in [-0.05, 0) is 43.2 Å². The average molecular weight is 556 g/mol. The number of primary sulfonamides is 1. The number of sulfonamides is 1. The van der Waals surface area contributed by atoms with Crippen molar-refractivity contribution in [2.75, 3.05) is 5.01 Å². The summed E-state index contributed by atoms with van der Waals surface area (Å²) in [7, 11) is -4.00. The van der Waals surface area contributed by atoms with Crippen LogP contribution >= 0.6 is 0 Å². The van der Waals surface area contributed by atoms with Crippen molar-refractivity contribution in [3.8, 4) is 22.6 Å². The lowest BCUT2D eigenvalue weighted by atomic mass is 9.97. The number of oxazole rings is 1. The van der Waals surface area contributed by atoms with Gasteiger partial charge in [0.25, 0.3) is 5.88 Å². The van der Waals surface area contributed by atoms with Gasteiger partial charge in [-0.1, -0.05) is 59.8 Å². The number of rotatable bonds is 7. The molecule has 2 aromatic heterocycles. The van der Waals surface area contributed by atoms with Gasteiger partial charge in [0.15, 0.2) is 5.84 Å². The fourth-order valence-electron chi connectivity index (χ4n) is 4.58. The molecule has 0 amide bonds. The molecule has 11 nitrogen and oxygen atoms in total. The first-order valence-corrected chi connectivity index (χ1v) is 13.9. The van der Waals surface area contributed by atoms with Crippen molar-refractivity contribution in [2.45, 2.75) is 25.3 Å². The number of amidine groups is 1. The zero-order valence-electron chi connectivity index (χ0n) is 21.6. The molecule has 202 valence electrons. The molecule has 3 aromatic carbocycles. The van der Waals surface area contributed by atoms with E-state index >= 15 is 0 Å². The molecule has 0 saturated heterocycles. The molecule has 1 aliphatic rings. The highest BCUT2D eigenvalue weighted by molar-refractivity contribution is 7.89. The largest absolute Gasteiger partial charge is 0.445 e. The molecule has 0 spiro atoms. The Hall–Kier alpha value is -4.78. The summed E-state index contributed by atoms with van der Waals surface area (Å²) in [4.78, 5) is 4.30. The van der Waals surface area contributed by atoms with Gasteiger partial charge in [0, 0.05) is 22.3 Å². The SMILES string of the molecule is Cc1noc(N2C(c3ccccc3)=NNN2Cc2cc(-c3ncco3)ccc2-c2ccccc2S(N)(=O)=O)c1C. The Labute approximate surface area is 230 Å². The fraction of sp³-hybridized carbons (Fsp3) is 0.107. The number of nitrogens with one attached hydrogen (secondary N) is 1. The quantitative estimate of drug-likeness (QED) is 0.299. The van der Waals surface area contributed by atoms with Crippen LogP contribution in [0.25, 0.3) is 22.6 Å². The molecule has 3 heterocycles. The third-order valence-electron chi connectivity index (χ3n) is 6.66. The number of hydrazone groups is 1. The van der Waals surface area contributed by atoms with E-state index in [4.69, 9.17) is 14.1 Å². The maximum Gasteiger partial charge on any atom is 0.252 e.